The normalized spacial score (nSPS) is 26.5. The average Bonchev–Trinajstić information content (AvgIpc) is 2.74. The minimum absolute atomic E-state index is 0.207. The molecule has 1 fully saturated rings. The van der Waals surface area contributed by atoms with E-state index >= 15 is 0 Å². The van der Waals surface area contributed by atoms with Crippen molar-refractivity contribution in [1.82, 2.24) is 15.1 Å². The van der Waals surface area contributed by atoms with E-state index in [1.54, 1.807) is 18.2 Å². The number of amides is 3. The van der Waals surface area contributed by atoms with E-state index in [0.29, 0.717) is 12.0 Å². The number of hydrogen-bond acceptors (Lipinski definition) is 4. The molecule has 0 aromatic carbocycles. The number of likely N-dealkylation sites (N-methyl/N-ethyl adjacent to an activating group) is 1. The quantitative estimate of drug-likeness (QED) is 0.592. The Bertz CT molecular complexity index is 548. The summed E-state index contributed by atoms with van der Waals surface area (Å²) in [4.78, 5) is 39.2. The molecule has 0 saturated carbocycles. The molecule has 21 heavy (non-hydrogen) atoms. The first-order chi connectivity index (χ1) is 9.95. The van der Waals surface area contributed by atoms with Gasteiger partial charge in [0.25, 0.3) is 5.91 Å². The number of nitrogens with zero attached hydrogens (tertiary/aromatic N) is 2. The molecule has 0 spiro atoms. The number of nitrogens with one attached hydrogen (secondary N) is 1. The molecule has 2 aliphatic rings. The van der Waals surface area contributed by atoms with E-state index in [-0.39, 0.29) is 24.4 Å². The lowest BCUT2D eigenvalue weighted by molar-refractivity contribution is -0.146. The van der Waals surface area contributed by atoms with Crippen LogP contribution >= 0.6 is 0 Å². The molecule has 0 radical (unpaired) electrons. The molecule has 0 aromatic heterocycles. The molecule has 0 aromatic rings. The predicted molar refractivity (Wildman–Crippen MR) is 77.9 cm³/mol. The molecule has 6 heteroatoms. The molecular formula is C15H19N3O3. The Kier molecular flexibility index (Phi) is 4.37. The third kappa shape index (κ3) is 2.95. The lowest BCUT2D eigenvalue weighted by Crippen LogP contribution is -2.58. The van der Waals surface area contributed by atoms with Gasteiger partial charge < -0.3 is 4.90 Å². The summed E-state index contributed by atoms with van der Waals surface area (Å²) in [6.07, 6.45) is 7.07. The second kappa shape index (κ2) is 6.05. The fraction of sp³-hybridized carbons (Fsp3) is 0.400. The van der Waals surface area contributed by atoms with Crippen molar-refractivity contribution in [2.24, 2.45) is 0 Å². The molecule has 2 unspecified atom stereocenters. The standard InChI is InChI=1S/C15H19N3O3/c1-4-5-6-10-9-13(17(2)3)18(15(10)21)11-7-8-12(19)16-14(11)20/h4-6,9,11,13H,1,7-8H2,2-3H3,(H,16,19,20)/b6-5-. The van der Waals surface area contributed by atoms with Crippen molar-refractivity contribution in [2.45, 2.75) is 25.0 Å². The van der Waals surface area contributed by atoms with E-state index in [9.17, 15) is 14.4 Å². The third-order valence-electron chi connectivity index (χ3n) is 3.58. The van der Waals surface area contributed by atoms with Crippen LogP contribution in [-0.4, -0.2) is 53.8 Å². The first kappa shape index (κ1) is 15.2. The zero-order valence-corrected chi connectivity index (χ0v) is 12.2. The van der Waals surface area contributed by atoms with E-state index in [1.807, 2.05) is 25.1 Å². The smallest absolute Gasteiger partial charge is 0.255 e. The van der Waals surface area contributed by atoms with E-state index in [2.05, 4.69) is 11.9 Å². The number of piperidine rings is 1. The topological polar surface area (TPSA) is 69.7 Å². The lowest BCUT2D eigenvalue weighted by Gasteiger charge is -2.36. The first-order valence-corrected chi connectivity index (χ1v) is 6.79. The molecule has 0 aliphatic carbocycles. The van der Waals surface area contributed by atoms with Crippen LogP contribution in [0.2, 0.25) is 0 Å². The summed E-state index contributed by atoms with van der Waals surface area (Å²) < 4.78 is 0. The van der Waals surface area contributed by atoms with Crippen molar-refractivity contribution in [3.8, 4) is 0 Å². The van der Waals surface area contributed by atoms with Gasteiger partial charge in [0.2, 0.25) is 11.8 Å². The SMILES string of the molecule is C=C/C=C\C1=CC(N(C)C)N(C2CCC(=O)NC2=O)C1=O. The summed E-state index contributed by atoms with van der Waals surface area (Å²) >= 11 is 0. The summed E-state index contributed by atoms with van der Waals surface area (Å²) in [5, 5.41) is 2.30. The van der Waals surface area contributed by atoms with Crippen LogP contribution in [0, 0.1) is 0 Å². The van der Waals surface area contributed by atoms with Gasteiger partial charge >= 0.3 is 0 Å². The van der Waals surface area contributed by atoms with E-state index in [0.717, 1.165) is 0 Å². The Hall–Kier alpha value is -2.21. The molecule has 2 aliphatic heterocycles. The van der Waals surface area contributed by atoms with Crippen molar-refractivity contribution < 1.29 is 14.4 Å². The van der Waals surface area contributed by atoms with Gasteiger partial charge in [-0.3, -0.25) is 24.6 Å². The Morgan fingerprint density at radius 3 is 2.67 bits per heavy atom. The zero-order valence-electron chi connectivity index (χ0n) is 12.2. The highest BCUT2D eigenvalue weighted by molar-refractivity contribution is 6.05. The molecule has 2 heterocycles. The van der Waals surface area contributed by atoms with Gasteiger partial charge in [-0.2, -0.15) is 0 Å². The highest BCUT2D eigenvalue weighted by atomic mass is 16.2. The highest BCUT2D eigenvalue weighted by Crippen LogP contribution is 2.26. The summed E-state index contributed by atoms with van der Waals surface area (Å²) in [5.74, 6) is -0.904. The highest BCUT2D eigenvalue weighted by Gasteiger charge is 2.42. The maximum absolute atomic E-state index is 12.5. The van der Waals surface area contributed by atoms with Crippen LogP contribution in [0.4, 0.5) is 0 Å². The van der Waals surface area contributed by atoms with Crippen molar-refractivity contribution in [2.75, 3.05) is 14.1 Å². The van der Waals surface area contributed by atoms with E-state index < -0.39 is 11.9 Å². The minimum atomic E-state index is -0.617. The molecule has 0 bridgehead atoms. The molecule has 1 saturated heterocycles. The summed E-state index contributed by atoms with van der Waals surface area (Å²) in [6.45, 7) is 3.58. The van der Waals surface area contributed by atoms with Crippen LogP contribution in [0.15, 0.2) is 36.5 Å². The number of rotatable bonds is 4. The molecule has 3 amide bonds. The fourth-order valence-corrected chi connectivity index (χ4v) is 2.55. The maximum Gasteiger partial charge on any atom is 0.255 e. The monoisotopic (exact) mass is 289 g/mol. The van der Waals surface area contributed by atoms with Crippen LogP contribution in [-0.2, 0) is 14.4 Å². The minimum Gasteiger partial charge on any atom is -0.307 e. The number of carbonyl (C=O) groups is 3. The van der Waals surface area contributed by atoms with Gasteiger partial charge in [0.05, 0.1) is 0 Å². The molecular weight excluding hydrogens is 270 g/mol. The van der Waals surface area contributed by atoms with Gasteiger partial charge in [0, 0.05) is 12.0 Å². The second-order valence-electron chi connectivity index (χ2n) is 5.27. The van der Waals surface area contributed by atoms with Crippen LogP contribution in [0.3, 0.4) is 0 Å². The molecule has 2 atom stereocenters. The van der Waals surface area contributed by atoms with Crippen molar-refractivity contribution >= 4 is 17.7 Å². The van der Waals surface area contributed by atoms with Crippen molar-refractivity contribution in [1.29, 1.82) is 0 Å². The number of imide groups is 1. The molecule has 6 nitrogen and oxygen atoms in total. The predicted octanol–water partition coefficient (Wildman–Crippen LogP) is 0.190. The van der Waals surface area contributed by atoms with Crippen molar-refractivity contribution in [3.05, 3.63) is 36.5 Å². The van der Waals surface area contributed by atoms with Crippen LogP contribution in [0.1, 0.15) is 12.8 Å². The Labute approximate surface area is 123 Å². The summed E-state index contributed by atoms with van der Waals surface area (Å²) in [5.41, 5.74) is 0.526. The number of carbonyl (C=O) groups excluding carboxylic acids is 3. The Morgan fingerprint density at radius 2 is 2.10 bits per heavy atom. The Balaban J connectivity index is 2.27. The van der Waals surface area contributed by atoms with Gasteiger partial charge in [-0.15, -0.1) is 0 Å². The molecule has 1 N–H and O–H groups in total. The van der Waals surface area contributed by atoms with Gasteiger partial charge in [0.1, 0.15) is 12.2 Å². The summed E-state index contributed by atoms with van der Waals surface area (Å²) in [6, 6.07) is -0.617. The fourth-order valence-electron chi connectivity index (χ4n) is 2.55. The number of allylic oxidation sites excluding steroid dienone is 2. The largest absolute Gasteiger partial charge is 0.307 e. The molecule has 2 rings (SSSR count). The van der Waals surface area contributed by atoms with Gasteiger partial charge in [0.15, 0.2) is 0 Å². The second-order valence-corrected chi connectivity index (χ2v) is 5.27. The number of hydrogen-bond donors (Lipinski definition) is 1. The first-order valence-electron chi connectivity index (χ1n) is 6.79. The summed E-state index contributed by atoms with van der Waals surface area (Å²) in [7, 11) is 3.68. The van der Waals surface area contributed by atoms with Gasteiger partial charge in [-0.05, 0) is 32.7 Å². The van der Waals surface area contributed by atoms with Crippen LogP contribution in [0.5, 0.6) is 0 Å². The van der Waals surface area contributed by atoms with Gasteiger partial charge in [-0.1, -0.05) is 18.7 Å². The van der Waals surface area contributed by atoms with E-state index in [4.69, 9.17) is 0 Å². The maximum atomic E-state index is 12.5. The lowest BCUT2D eigenvalue weighted by atomic mass is 10.0. The van der Waals surface area contributed by atoms with Gasteiger partial charge in [-0.25, -0.2) is 0 Å². The third-order valence-corrected chi connectivity index (χ3v) is 3.58. The molecule has 112 valence electrons. The van der Waals surface area contributed by atoms with Crippen LogP contribution in [0.25, 0.3) is 0 Å². The van der Waals surface area contributed by atoms with E-state index in [1.165, 1.54) is 4.90 Å². The van der Waals surface area contributed by atoms with Crippen molar-refractivity contribution in [3.63, 3.8) is 0 Å². The average molecular weight is 289 g/mol. The Morgan fingerprint density at radius 1 is 1.38 bits per heavy atom. The van der Waals surface area contributed by atoms with Crippen LogP contribution < -0.4 is 5.32 Å². The zero-order chi connectivity index (χ0) is 15.6.